The van der Waals surface area contributed by atoms with E-state index in [2.05, 4.69) is 5.32 Å². The quantitative estimate of drug-likeness (QED) is 0.650. The number of hydrogen-bond acceptors (Lipinski definition) is 3. The van der Waals surface area contributed by atoms with Crippen LogP contribution in [0.3, 0.4) is 0 Å². The molecule has 0 unspecified atom stereocenters. The Balaban J connectivity index is 2.45. The van der Waals surface area contributed by atoms with E-state index in [9.17, 15) is 21.6 Å². The van der Waals surface area contributed by atoms with Crippen LogP contribution in [-0.4, -0.2) is 62.5 Å². The van der Waals surface area contributed by atoms with Gasteiger partial charge in [0.1, 0.15) is 6.54 Å². The molecule has 0 aromatic carbocycles. The zero-order valence-corrected chi connectivity index (χ0v) is 12.6. The molecular weight excluding hydrogens is 295 g/mol. The molecule has 1 fully saturated rings. The van der Waals surface area contributed by atoms with Gasteiger partial charge in [0.25, 0.3) is 10.2 Å². The summed E-state index contributed by atoms with van der Waals surface area (Å²) in [6.45, 7) is 0.626. The summed E-state index contributed by atoms with van der Waals surface area (Å²) in [4.78, 5) is 0. The number of halogens is 3. The van der Waals surface area contributed by atoms with Gasteiger partial charge in [0, 0.05) is 26.2 Å². The maximum absolute atomic E-state index is 12.4. The van der Waals surface area contributed by atoms with Gasteiger partial charge >= 0.3 is 6.18 Å². The second kappa shape index (κ2) is 7.06. The highest BCUT2D eigenvalue weighted by Crippen LogP contribution is 2.20. The summed E-state index contributed by atoms with van der Waals surface area (Å²) < 4.78 is 62.5. The van der Waals surface area contributed by atoms with Crippen LogP contribution in [0.25, 0.3) is 0 Å². The summed E-state index contributed by atoms with van der Waals surface area (Å²) in [6, 6.07) is 0.536. The Kier molecular flexibility index (Phi) is 6.24. The molecule has 1 rings (SSSR count). The Bertz CT molecular complexity index is 396. The van der Waals surface area contributed by atoms with E-state index < -0.39 is 22.9 Å². The zero-order valence-electron chi connectivity index (χ0n) is 11.8. The molecule has 20 heavy (non-hydrogen) atoms. The van der Waals surface area contributed by atoms with Crippen LogP contribution in [0.15, 0.2) is 0 Å². The van der Waals surface area contributed by atoms with Gasteiger partial charge in [0.15, 0.2) is 0 Å². The van der Waals surface area contributed by atoms with E-state index in [1.54, 1.807) is 0 Å². The van der Waals surface area contributed by atoms with Crippen molar-refractivity contribution >= 4 is 10.2 Å². The third-order valence-electron chi connectivity index (χ3n) is 3.09. The highest BCUT2D eigenvalue weighted by Gasteiger charge is 2.37. The van der Waals surface area contributed by atoms with Crippen LogP contribution in [0.1, 0.15) is 26.2 Å². The maximum atomic E-state index is 12.4. The summed E-state index contributed by atoms with van der Waals surface area (Å²) in [5.41, 5.74) is 0. The van der Waals surface area contributed by atoms with Gasteiger partial charge in [0.05, 0.1) is 0 Å². The lowest BCUT2D eigenvalue weighted by molar-refractivity contribution is -0.136. The average molecular weight is 317 g/mol. The maximum Gasteiger partial charge on any atom is 0.402 e. The Labute approximate surface area is 118 Å². The van der Waals surface area contributed by atoms with Gasteiger partial charge in [-0.1, -0.05) is 6.92 Å². The van der Waals surface area contributed by atoms with Gasteiger partial charge in [-0.25, -0.2) is 0 Å². The third-order valence-corrected chi connectivity index (χ3v) is 5.10. The lowest BCUT2D eigenvalue weighted by Gasteiger charge is -2.27. The van der Waals surface area contributed by atoms with Crippen molar-refractivity contribution in [3.63, 3.8) is 0 Å². The minimum atomic E-state index is -4.53. The molecule has 1 aliphatic carbocycles. The Hall–Kier alpha value is -0.380. The van der Waals surface area contributed by atoms with E-state index in [0.29, 0.717) is 23.3 Å². The van der Waals surface area contributed by atoms with E-state index in [4.69, 9.17) is 0 Å². The molecule has 1 saturated carbocycles. The number of hydrogen-bond donors (Lipinski definition) is 1. The summed E-state index contributed by atoms with van der Waals surface area (Å²) >= 11 is 0. The molecule has 0 amide bonds. The minimum Gasteiger partial charge on any atom is -0.314 e. The van der Waals surface area contributed by atoms with Gasteiger partial charge in [-0.2, -0.15) is 30.2 Å². The van der Waals surface area contributed by atoms with E-state index in [0.717, 1.165) is 17.1 Å². The molecule has 0 radical (unpaired) electrons. The summed E-state index contributed by atoms with van der Waals surface area (Å²) in [7, 11) is -2.74. The van der Waals surface area contributed by atoms with Crippen molar-refractivity contribution in [3.05, 3.63) is 0 Å². The molecule has 0 saturated heterocycles. The van der Waals surface area contributed by atoms with Crippen molar-refractivity contribution in [2.45, 2.75) is 38.4 Å². The van der Waals surface area contributed by atoms with Gasteiger partial charge in [-0.05, 0) is 25.8 Å². The summed E-state index contributed by atoms with van der Waals surface area (Å²) in [5.74, 6) is 0. The molecule has 0 aromatic heterocycles. The van der Waals surface area contributed by atoms with Crippen molar-refractivity contribution in [3.8, 4) is 0 Å². The highest BCUT2D eigenvalue weighted by atomic mass is 32.2. The second-order valence-electron chi connectivity index (χ2n) is 4.95. The molecule has 0 atom stereocenters. The van der Waals surface area contributed by atoms with Crippen molar-refractivity contribution in [2.24, 2.45) is 0 Å². The van der Waals surface area contributed by atoms with Gasteiger partial charge in [-0.15, -0.1) is 0 Å². The molecule has 120 valence electrons. The molecule has 9 heteroatoms. The number of nitrogens with one attached hydrogen (secondary N) is 1. The van der Waals surface area contributed by atoms with E-state index >= 15 is 0 Å². The predicted molar refractivity (Wildman–Crippen MR) is 70.5 cm³/mol. The molecule has 0 aliphatic heterocycles. The Morgan fingerprint density at radius 1 is 1.30 bits per heavy atom. The fourth-order valence-electron chi connectivity index (χ4n) is 1.76. The molecule has 0 bridgehead atoms. The standard InChI is InChI=1S/C11H22F3N3O2S/c1-3-17(9-11(12,13)14)20(18,19)16(2)8-4-7-15-10-5-6-10/h10,15H,3-9H2,1-2H3. The first-order valence-corrected chi connectivity index (χ1v) is 8.08. The van der Waals surface area contributed by atoms with E-state index in [-0.39, 0.29) is 13.1 Å². The smallest absolute Gasteiger partial charge is 0.314 e. The van der Waals surface area contributed by atoms with Gasteiger partial charge < -0.3 is 5.32 Å². The van der Waals surface area contributed by atoms with Crippen LogP contribution >= 0.6 is 0 Å². The molecule has 1 aliphatic rings. The SMILES string of the molecule is CCN(CC(F)(F)F)S(=O)(=O)N(C)CCCNC1CC1. The van der Waals surface area contributed by atoms with E-state index in [1.165, 1.54) is 14.0 Å². The molecular formula is C11H22F3N3O2S. The monoisotopic (exact) mass is 317 g/mol. The number of alkyl halides is 3. The van der Waals surface area contributed by atoms with Crippen LogP contribution in [0.5, 0.6) is 0 Å². The van der Waals surface area contributed by atoms with Gasteiger partial charge in [0.2, 0.25) is 0 Å². The summed E-state index contributed by atoms with van der Waals surface area (Å²) in [6.07, 6.45) is -1.67. The molecule has 1 N–H and O–H groups in total. The largest absolute Gasteiger partial charge is 0.402 e. The zero-order chi connectivity index (χ0) is 15.4. The fraction of sp³-hybridized carbons (Fsp3) is 1.00. The number of nitrogens with zero attached hydrogens (tertiary/aromatic N) is 2. The lowest BCUT2D eigenvalue weighted by Crippen LogP contribution is -2.46. The second-order valence-corrected chi connectivity index (χ2v) is 6.99. The van der Waals surface area contributed by atoms with Crippen molar-refractivity contribution in [1.82, 2.24) is 13.9 Å². The lowest BCUT2D eigenvalue weighted by atomic mass is 10.4. The fourth-order valence-corrected chi connectivity index (χ4v) is 3.15. The van der Waals surface area contributed by atoms with Crippen LogP contribution in [0.2, 0.25) is 0 Å². The predicted octanol–water partition coefficient (Wildman–Crippen LogP) is 1.19. The summed E-state index contributed by atoms with van der Waals surface area (Å²) in [5, 5.41) is 3.23. The first-order chi connectivity index (χ1) is 9.16. The Morgan fingerprint density at radius 3 is 2.35 bits per heavy atom. The van der Waals surface area contributed by atoms with Crippen LogP contribution in [-0.2, 0) is 10.2 Å². The third kappa shape index (κ3) is 5.94. The molecule has 0 spiro atoms. The van der Waals surface area contributed by atoms with Crippen molar-refractivity contribution in [1.29, 1.82) is 0 Å². The van der Waals surface area contributed by atoms with E-state index in [1.807, 2.05) is 0 Å². The Morgan fingerprint density at radius 2 is 1.90 bits per heavy atom. The highest BCUT2D eigenvalue weighted by molar-refractivity contribution is 7.86. The molecule has 0 heterocycles. The average Bonchev–Trinajstić information content (AvgIpc) is 3.13. The molecule has 0 aromatic rings. The van der Waals surface area contributed by atoms with Crippen LogP contribution in [0.4, 0.5) is 13.2 Å². The van der Waals surface area contributed by atoms with Crippen LogP contribution in [0, 0.1) is 0 Å². The molecule has 5 nitrogen and oxygen atoms in total. The van der Waals surface area contributed by atoms with Crippen LogP contribution < -0.4 is 5.32 Å². The van der Waals surface area contributed by atoms with Crippen molar-refractivity contribution < 1.29 is 21.6 Å². The normalized spacial score (nSPS) is 17.1. The van der Waals surface area contributed by atoms with Gasteiger partial charge in [-0.3, -0.25) is 0 Å². The minimum absolute atomic E-state index is 0.202. The van der Waals surface area contributed by atoms with Crippen molar-refractivity contribution in [2.75, 3.05) is 33.2 Å². The number of rotatable bonds is 9. The first-order valence-electron chi connectivity index (χ1n) is 6.68. The first kappa shape index (κ1) is 17.7. The topological polar surface area (TPSA) is 52.7 Å².